The highest BCUT2D eigenvalue weighted by molar-refractivity contribution is 7.13. The number of aromatic nitrogens is 3. The van der Waals surface area contributed by atoms with Gasteiger partial charge in [-0.15, -0.1) is 16.4 Å². The normalized spacial score (nSPS) is 16.1. The molecule has 0 saturated carbocycles. The monoisotopic (exact) mass is 247 g/mol. The molecule has 2 aromatic rings. The maximum Gasteiger partial charge on any atom is 0.193 e. The third-order valence-electron chi connectivity index (χ3n) is 2.73. The van der Waals surface area contributed by atoms with Gasteiger partial charge in [-0.2, -0.15) is 5.10 Å². The van der Waals surface area contributed by atoms with Crippen molar-refractivity contribution in [3.63, 3.8) is 0 Å². The molecule has 0 aliphatic carbocycles. The van der Waals surface area contributed by atoms with E-state index in [1.807, 2.05) is 17.5 Å². The number of nitrogens with one attached hydrogen (secondary N) is 1. The first kappa shape index (κ1) is 10.6. The third-order valence-corrected chi connectivity index (χ3v) is 3.59. The molecule has 2 aromatic heterocycles. The fraction of sp³-hybridized carbons (Fsp3) is 0.364. The Morgan fingerprint density at radius 2 is 2.18 bits per heavy atom. The predicted molar refractivity (Wildman–Crippen MR) is 68.2 cm³/mol. The SMILES string of the molecule is c1csc(-c2nncc(N3CCNCC3)n2)c1. The molecular formula is C11H13N5S. The summed E-state index contributed by atoms with van der Waals surface area (Å²) in [5, 5.41) is 13.5. The number of anilines is 1. The van der Waals surface area contributed by atoms with E-state index in [9.17, 15) is 0 Å². The molecule has 0 spiro atoms. The molecule has 5 nitrogen and oxygen atoms in total. The Morgan fingerprint density at radius 1 is 1.29 bits per heavy atom. The van der Waals surface area contributed by atoms with Crippen molar-refractivity contribution >= 4 is 17.2 Å². The van der Waals surface area contributed by atoms with Gasteiger partial charge in [-0.1, -0.05) is 6.07 Å². The highest BCUT2D eigenvalue weighted by Gasteiger charge is 2.13. The minimum Gasteiger partial charge on any atom is -0.353 e. The molecule has 17 heavy (non-hydrogen) atoms. The van der Waals surface area contributed by atoms with Crippen LogP contribution in [0, 0.1) is 0 Å². The molecule has 0 atom stereocenters. The second-order valence-electron chi connectivity index (χ2n) is 3.85. The summed E-state index contributed by atoms with van der Waals surface area (Å²) < 4.78 is 0. The molecule has 0 bridgehead atoms. The molecule has 0 aromatic carbocycles. The van der Waals surface area contributed by atoms with Crippen LogP contribution in [0.5, 0.6) is 0 Å². The highest BCUT2D eigenvalue weighted by atomic mass is 32.1. The largest absolute Gasteiger partial charge is 0.353 e. The van der Waals surface area contributed by atoms with Crippen molar-refractivity contribution in [1.82, 2.24) is 20.5 Å². The van der Waals surface area contributed by atoms with Gasteiger partial charge in [0.05, 0.1) is 11.1 Å². The van der Waals surface area contributed by atoms with Crippen molar-refractivity contribution < 1.29 is 0 Å². The lowest BCUT2D eigenvalue weighted by atomic mass is 10.3. The molecule has 0 unspecified atom stereocenters. The van der Waals surface area contributed by atoms with Gasteiger partial charge in [0.1, 0.15) is 0 Å². The van der Waals surface area contributed by atoms with Crippen LogP contribution in [0.4, 0.5) is 5.82 Å². The zero-order chi connectivity index (χ0) is 11.5. The van der Waals surface area contributed by atoms with Crippen LogP contribution < -0.4 is 10.2 Å². The minimum absolute atomic E-state index is 0.719. The fourth-order valence-electron chi connectivity index (χ4n) is 1.85. The van der Waals surface area contributed by atoms with Crippen molar-refractivity contribution in [2.45, 2.75) is 0 Å². The summed E-state index contributed by atoms with van der Waals surface area (Å²) in [6.45, 7) is 3.95. The fourth-order valence-corrected chi connectivity index (χ4v) is 2.50. The van der Waals surface area contributed by atoms with Crippen LogP contribution in [0.1, 0.15) is 0 Å². The Kier molecular flexibility index (Phi) is 2.98. The van der Waals surface area contributed by atoms with Gasteiger partial charge in [-0.05, 0) is 11.4 Å². The Hall–Kier alpha value is -1.53. The van der Waals surface area contributed by atoms with Crippen LogP contribution in [0.2, 0.25) is 0 Å². The topological polar surface area (TPSA) is 53.9 Å². The van der Waals surface area contributed by atoms with E-state index in [0.717, 1.165) is 42.7 Å². The lowest BCUT2D eigenvalue weighted by Gasteiger charge is -2.27. The number of piperazine rings is 1. The van der Waals surface area contributed by atoms with Gasteiger partial charge in [0, 0.05) is 26.2 Å². The molecule has 1 aliphatic rings. The molecular weight excluding hydrogens is 234 g/mol. The standard InChI is InChI=1S/C11H13N5S/c1-2-9(17-7-1)11-14-10(8-13-15-11)16-5-3-12-4-6-16/h1-2,7-8,12H,3-6H2. The zero-order valence-corrected chi connectivity index (χ0v) is 10.2. The Balaban J connectivity index is 1.88. The van der Waals surface area contributed by atoms with Crippen LogP contribution in [-0.4, -0.2) is 41.4 Å². The molecule has 0 amide bonds. The van der Waals surface area contributed by atoms with Crippen LogP contribution in [0.3, 0.4) is 0 Å². The summed E-state index contributed by atoms with van der Waals surface area (Å²) in [6, 6.07) is 4.02. The van der Waals surface area contributed by atoms with Gasteiger partial charge in [0.15, 0.2) is 11.6 Å². The van der Waals surface area contributed by atoms with Gasteiger partial charge in [-0.3, -0.25) is 0 Å². The van der Waals surface area contributed by atoms with E-state index < -0.39 is 0 Å². The van der Waals surface area contributed by atoms with Gasteiger partial charge in [0.25, 0.3) is 0 Å². The van der Waals surface area contributed by atoms with Crippen molar-refractivity contribution in [3.8, 4) is 10.7 Å². The van der Waals surface area contributed by atoms with Gasteiger partial charge in [0.2, 0.25) is 0 Å². The molecule has 6 heteroatoms. The summed E-state index contributed by atoms with van der Waals surface area (Å²) in [7, 11) is 0. The predicted octanol–water partition coefficient (Wildman–Crippen LogP) is 1.01. The molecule has 1 fully saturated rings. The molecule has 1 N–H and O–H groups in total. The second kappa shape index (κ2) is 4.77. The van der Waals surface area contributed by atoms with Crippen molar-refractivity contribution in [2.75, 3.05) is 31.1 Å². The zero-order valence-electron chi connectivity index (χ0n) is 9.33. The summed E-state index contributed by atoms with van der Waals surface area (Å²) in [4.78, 5) is 7.88. The summed E-state index contributed by atoms with van der Waals surface area (Å²) >= 11 is 1.64. The van der Waals surface area contributed by atoms with Crippen LogP contribution in [0.25, 0.3) is 10.7 Å². The first-order valence-electron chi connectivity index (χ1n) is 5.63. The van der Waals surface area contributed by atoms with E-state index in [1.54, 1.807) is 17.5 Å². The molecule has 0 radical (unpaired) electrons. The average Bonchev–Trinajstić information content (AvgIpc) is 2.94. The van der Waals surface area contributed by atoms with E-state index >= 15 is 0 Å². The Labute approximate surface area is 104 Å². The Morgan fingerprint density at radius 3 is 2.94 bits per heavy atom. The van der Waals surface area contributed by atoms with Gasteiger partial charge < -0.3 is 10.2 Å². The molecule has 88 valence electrons. The molecule has 1 saturated heterocycles. The van der Waals surface area contributed by atoms with Crippen LogP contribution >= 0.6 is 11.3 Å². The second-order valence-corrected chi connectivity index (χ2v) is 4.80. The minimum atomic E-state index is 0.719. The van der Waals surface area contributed by atoms with Gasteiger partial charge >= 0.3 is 0 Å². The quantitative estimate of drug-likeness (QED) is 0.858. The smallest absolute Gasteiger partial charge is 0.193 e. The van der Waals surface area contributed by atoms with Crippen LogP contribution in [-0.2, 0) is 0 Å². The van der Waals surface area contributed by atoms with E-state index in [2.05, 4.69) is 25.4 Å². The molecule has 3 heterocycles. The molecule has 3 rings (SSSR count). The van der Waals surface area contributed by atoms with Gasteiger partial charge in [-0.25, -0.2) is 4.98 Å². The maximum absolute atomic E-state index is 4.57. The van der Waals surface area contributed by atoms with Crippen LogP contribution in [0.15, 0.2) is 23.7 Å². The number of thiophene rings is 1. The van der Waals surface area contributed by atoms with E-state index in [1.165, 1.54) is 0 Å². The van der Waals surface area contributed by atoms with Crippen molar-refractivity contribution in [1.29, 1.82) is 0 Å². The number of hydrogen-bond acceptors (Lipinski definition) is 6. The number of rotatable bonds is 2. The average molecular weight is 247 g/mol. The van der Waals surface area contributed by atoms with E-state index in [-0.39, 0.29) is 0 Å². The summed E-state index contributed by atoms with van der Waals surface area (Å²) in [5.41, 5.74) is 0. The summed E-state index contributed by atoms with van der Waals surface area (Å²) in [5.74, 6) is 1.64. The number of hydrogen-bond donors (Lipinski definition) is 1. The highest BCUT2D eigenvalue weighted by Crippen LogP contribution is 2.21. The Bertz CT molecular complexity index is 478. The first-order chi connectivity index (χ1) is 8.43. The first-order valence-corrected chi connectivity index (χ1v) is 6.51. The lowest BCUT2D eigenvalue weighted by molar-refractivity contribution is 0.583. The number of nitrogens with zero attached hydrogens (tertiary/aromatic N) is 4. The molecule has 1 aliphatic heterocycles. The summed E-state index contributed by atoms with van der Waals surface area (Å²) in [6.07, 6.45) is 1.74. The van der Waals surface area contributed by atoms with E-state index in [0.29, 0.717) is 0 Å². The third kappa shape index (κ3) is 2.27. The van der Waals surface area contributed by atoms with Crippen molar-refractivity contribution in [2.24, 2.45) is 0 Å². The maximum atomic E-state index is 4.57. The van der Waals surface area contributed by atoms with Crippen molar-refractivity contribution in [3.05, 3.63) is 23.7 Å². The lowest BCUT2D eigenvalue weighted by Crippen LogP contribution is -2.44. The van der Waals surface area contributed by atoms with E-state index in [4.69, 9.17) is 0 Å².